The van der Waals surface area contributed by atoms with Crippen LogP contribution in [0.25, 0.3) is 0 Å². The topological polar surface area (TPSA) is 37.4 Å². The third-order valence-electron chi connectivity index (χ3n) is 2.91. The maximum absolute atomic E-state index is 12.0. The van der Waals surface area contributed by atoms with E-state index < -0.39 is 0 Å². The van der Waals surface area contributed by atoms with Crippen molar-refractivity contribution >= 4 is 11.8 Å². The molecule has 0 spiro atoms. The average Bonchev–Trinajstić information content (AvgIpc) is 2.63. The lowest BCUT2D eigenvalue weighted by Crippen LogP contribution is -2.29. The number of carbonyl (C=O) groups excluding carboxylic acids is 2. The monoisotopic (exact) mass is 255 g/mol. The molecule has 0 atom stereocenters. The van der Waals surface area contributed by atoms with E-state index in [1.165, 1.54) is 4.90 Å². The van der Waals surface area contributed by atoms with E-state index in [0.29, 0.717) is 23.6 Å². The highest BCUT2D eigenvalue weighted by atomic mass is 16.2. The fourth-order valence-corrected chi connectivity index (χ4v) is 1.94. The molecule has 1 aliphatic rings. The summed E-state index contributed by atoms with van der Waals surface area (Å²) in [5, 5.41) is 0. The molecule has 19 heavy (non-hydrogen) atoms. The number of benzene rings is 1. The van der Waals surface area contributed by atoms with E-state index in [-0.39, 0.29) is 11.8 Å². The molecular formula is C16H17NO2. The molecule has 1 aromatic carbocycles. The van der Waals surface area contributed by atoms with Crippen molar-refractivity contribution in [3.8, 4) is 0 Å². The van der Waals surface area contributed by atoms with Crippen LogP contribution >= 0.6 is 0 Å². The van der Waals surface area contributed by atoms with Crippen LogP contribution in [-0.4, -0.2) is 23.3 Å². The summed E-state index contributed by atoms with van der Waals surface area (Å²) < 4.78 is 0. The first-order valence-electron chi connectivity index (χ1n) is 6.40. The van der Waals surface area contributed by atoms with Gasteiger partial charge in [0.25, 0.3) is 11.8 Å². The Morgan fingerprint density at radius 3 is 2.16 bits per heavy atom. The van der Waals surface area contributed by atoms with E-state index in [0.717, 1.165) is 0 Å². The van der Waals surface area contributed by atoms with Crippen LogP contribution in [0.5, 0.6) is 0 Å². The summed E-state index contributed by atoms with van der Waals surface area (Å²) in [4.78, 5) is 25.3. The number of imide groups is 1. The largest absolute Gasteiger partial charge is 0.270 e. The number of carbonyl (C=O) groups is 2. The zero-order chi connectivity index (χ0) is 13.8. The van der Waals surface area contributed by atoms with Gasteiger partial charge in [-0.25, -0.2) is 0 Å². The minimum absolute atomic E-state index is 0.210. The third kappa shape index (κ3) is 2.81. The highest BCUT2D eigenvalue weighted by Gasteiger charge is 2.33. The first-order chi connectivity index (χ1) is 9.11. The number of allylic oxidation sites excluding steroid dienone is 3. The normalized spacial score (nSPS) is 15.2. The highest BCUT2D eigenvalue weighted by Crippen LogP contribution is 2.21. The van der Waals surface area contributed by atoms with E-state index in [2.05, 4.69) is 19.9 Å². The van der Waals surface area contributed by atoms with Crippen molar-refractivity contribution in [1.29, 1.82) is 0 Å². The molecule has 3 heteroatoms. The molecule has 1 aliphatic heterocycles. The van der Waals surface area contributed by atoms with Crippen molar-refractivity contribution < 1.29 is 9.59 Å². The summed E-state index contributed by atoms with van der Waals surface area (Å²) in [7, 11) is 0. The van der Waals surface area contributed by atoms with Gasteiger partial charge in [0.15, 0.2) is 0 Å². The fourth-order valence-electron chi connectivity index (χ4n) is 1.94. The number of amides is 2. The van der Waals surface area contributed by atoms with Crippen molar-refractivity contribution in [2.24, 2.45) is 5.92 Å². The summed E-state index contributed by atoms with van der Waals surface area (Å²) >= 11 is 0. The molecule has 0 saturated carbocycles. The highest BCUT2D eigenvalue weighted by molar-refractivity contribution is 6.21. The molecule has 2 amide bonds. The molecule has 98 valence electrons. The number of fused-ring (bicyclic) bond motifs is 1. The van der Waals surface area contributed by atoms with Crippen LogP contribution in [0.2, 0.25) is 0 Å². The van der Waals surface area contributed by atoms with Gasteiger partial charge in [-0.3, -0.25) is 14.5 Å². The molecule has 0 unspecified atom stereocenters. The van der Waals surface area contributed by atoms with Gasteiger partial charge in [0, 0.05) is 6.54 Å². The predicted octanol–water partition coefficient (Wildman–Crippen LogP) is 3.05. The molecule has 0 aliphatic carbocycles. The van der Waals surface area contributed by atoms with Gasteiger partial charge < -0.3 is 0 Å². The number of nitrogens with zero attached hydrogens (tertiary/aromatic N) is 1. The van der Waals surface area contributed by atoms with Crippen molar-refractivity contribution in [1.82, 2.24) is 4.90 Å². The van der Waals surface area contributed by atoms with Crippen LogP contribution in [0.4, 0.5) is 0 Å². The zero-order valence-electron chi connectivity index (χ0n) is 11.2. The molecule has 0 fully saturated rings. The van der Waals surface area contributed by atoms with Crippen LogP contribution in [0.15, 0.2) is 48.6 Å². The van der Waals surface area contributed by atoms with Gasteiger partial charge in [0.2, 0.25) is 0 Å². The van der Waals surface area contributed by atoms with Gasteiger partial charge in [-0.15, -0.1) is 0 Å². The number of hydrogen-bond acceptors (Lipinski definition) is 2. The maximum Gasteiger partial charge on any atom is 0.261 e. The lowest BCUT2D eigenvalue weighted by atomic mass is 10.1. The Balaban J connectivity index is 2.05. The molecular weight excluding hydrogens is 238 g/mol. The quantitative estimate of drug-likeness (QED) is 0.612. The Labute approximate surface area is 113 Å². The predicted molar refractivity (Wildman–Crippen MR) is 74.9 cm³/mol. The second kappa shape index (κ2) is 5.65. The molecule has 3 nitrogen and oxygen atoms in total. The Morgan fingerprint density at radius 1 is 1.05 bits per heavy atom. The number of rotatable bonds is 4. The molecule has 0 aromatic heterocycles. The first-order valence-corrected chi connectivity index (χ1v) is 6.40. The van der Waals surface area contributed by atoms with Gasteiger partial charge in [-0.2, -0.15) is 0 Å². The molecule has 0 bridgehead atoms. The van der Waals surface area contributed by atoms with Crippen molar-refractivity contribution in [3.05, 3.63) is 59.7 Å². The average molecular weight is 255 g/mol. The van der Waals surface area contributed by atoms with Crippen LogP contribution in [-0.2, 0) is 0 Å². The van der Waals surface area contributed by atoms with Gasteiger partial charge in [-0.05, 0) is 18.1 Å². The van der Waals surface area contributed by atoms with Crippen molar-refractivity contribution in [2.75, 3.05) is 6.54 Å². The summed E-state index contributed by atoms with van der Waals surface area (Å²) in [6.45, 7) is 4.50. The van der Waals surface area contributed by atoms with Crippen LogP contribution in [0.1, 0.15) is 34.6 Å². The van der Waals surface area contributed by atoms with Gasteiger partial charge in [-0.1, -0.05) is 50.3 Å². The Morgan fingerprint density at radius 2 is 1.63 bits per heavy atom. The lowest BCUT2D eigenvalue weighted by molar-refractivity contribution is 0.0672. The maximum atomic E-state index is 12.0. The minimum Gasteiger partial charge on any atom is -0.270 e. The van der Waals surface area contributed by atoms with Gasteiger partial charge in [0.1, 0.15) is 0 Å². The van der Waals surface area contributed by atoms with Crippen LogP contribution in [0, 0.1) is 5.92 Å². The summed E-state index contributed by atoms with van der Waals surface area (Å²) in [5.41, 5.74) is 0.997. The van der Waals surface area contributed by atoms with E-state index in [1.54, 1.807) is 24.3 Å². The summed E-state index contributed by atoms with van der Waals surface area (Å²) in [6.07, 6.45) is 7.67. The molecule has 2 rings (SSSR count). The van der Waals surface area contributed by atoms with Crippen LogP contribution < -0.4 is 0 Å². The van der Waals surface area contributed by atoms with Gasteiger partial charge >= 0.3 is 0 Å². The Bertz CT molecular complexity index is 521. The Kier molecular flexibility index (Phi) is 3.95. The van der Waals surface area contributed by atoms with Crippen molar-refractivity contribution in [2.45, 2.75) is 13.8 Å². The summed E-state index contributed by atoms with van der Waals surface area (Å²) in [6, 6.07) is 6.93. The molecule has 0 radical (unpaired) electrons. The summed E-state index contributed by atoms with van der Waals surface area (Å²) in [5.74, 6) is 0.0696. The van der Waals surface area contributed by atoms with E-state index in [4.69, 9.17) is 0 Å². The lowest BCUT2D eigenvalue weighted by Gasteiger charge is -2.09. The zero-order valence-corrected chi connectivity index (χ0v) is 11.2. The van der Waals surface area contributed by atoms with E-state index in [9.17, 15) is 9.59 Å². The molecule has 1 heterocycles. The molecule has 0 N–H and O–H groups in total. The second-order valence-electron chi connectivity index (χ2n) is 4.82. The molecule has 0 saturated heterocycles. The third-order valence-corrected chi connectivity index (χ3v) is 2.91. The van der Waals surface area contributed by atoms with E-state index in [1.807, 2.05) is 18.2 Å². The molecule has 1 aromatic rings. The van der Waals surface area contributed by atoms with Crippen LogP contribution in [0.3, 0.4) is 0 Å². The SMILES string of the molecule is CC(C)/C=C/C=C/CN1C(=O)c2ccccc2C1=O. The fraction of sp³-hybridized carbons (Fsp3) is 0.250. The minimum atomic E-state index is -0.210. The smallest absolute Gasteiger partial charge is 0.261 e. The Hall–Kier alpha value is -2.16. The van der Waals surface area contributed by atoms with E-state index >= 15 is 0 Å². The number of hydrogen-bond donors (Lipinski definition) is 0. The standard InChI is InChI=1S/C16H17NO2/c1-12(2)8-4-3-7-11-17-15(18)13-9-5-6-10-14(13)16(17)19/h3-10,12H,11H2,1-2H3/b7-3+,8-4+. The first kappa shape index (κ1) is 13.3. The van der Waals surface area contributed by atoms with Gasteiger partial charge in [0.05, 0.1) is 11.1 Å². The second-order valence-corrected chi connectivity index (χ2v) is 4.82. The van der Waals surface area contributed by atoms with Crippen molar-refractivity contribution in [3.63, 3.8) is 0 Å².